The zero-order chi connectivity index (χ0) is 13.8. The van der Waals surface area contributed by atoms with E-state index in [1.54, 1.807) is 30.3 Å². The van der Waals surface area contributed by atoms with Crippen molar-refractivity contribution in [3.8, 4) is 0 Å². The van der Waals surface area contributed by atoms with E-state index >= 15 is 0 Å². The molecule has 0 aromatic heterocycles. The van der Waals surface area contributed by atoms with Crippen LogP contribution in [0.4, 0.5) is 4.39 Å². The van der Waals surface area contributed by atoms with Crippen LogP contribution in [0, 0.1) is 5.82 Å². The molecule has 0 aliphatic heterocycles. The molecule has 0 radical (unpaired) electrons. The van der Waals surface area contributed by atoms with Crippen molar-refractivity contribution in [2.24, 2.45) is 0 Å². The maximum Gasteiger partial charge on any atom is 0.137 e. The Morgan fingerprint density at radius 3 is 2.37 bits per heavy atom. The molecular weight excluding hydrogens is 263 g/mol. The molecule has 0 spiro atoms. The van der Waals surface area contributed by atoms with Gasteiger partial charge < -0.3 is 0 Å². The Labute approximate surface area is 117 Å². The van der Waals surface area contributed by atoms with Gasteiger partial charge in [-0.25, -0.2) is 4.39 Å². The number of hydrogen-bond acceptors (Lipinski definition) is 1. The SMILES string of the molecule is CC(=O)C(Cc1ccc(Cl)cc1)c1ccccc1F. The summed E-state index contributed by atoms with van der Waals surface area (Å²) in [5.74, 6) is -0.834. The number of rotatable bonds is 4. The summed E-state index contributed by atoms with van der Waals surface area (Å²) in [4.78, 5) is 11.8. The van der Waals surface area contributed by atoms with Gasteiger partial charge in [-0.05, 0) is 42.7 Å². The topological polar surface area (TPSA) is 17.1 Å². The van der Waals surface area contributed by atoms with Crippen LogP contribution in [0.3, 0.4) is 0 Å². The van der Waals surface area contributed by atoms with Crippen molar-refractivity contribution in [3.05, 3.63) is 70.5 Å². The predicted molar refractivity (Wildman–Crippen MR) is 75.0 cm³/mol. The maximum absolute atomic E-state index is 13.8. The summed E-state index contributed by atoms with van der Waals surface area (Å²) in [5.41, 5.74) is 1.41. The molecule has 0 saturated heterocycles. The Hall–Kier alpha value is -1.67. The summed E-state index contributed by atoms with van der Waals surface area (Å²) in [6.07, 6.45) is 0.480. The summed E-state index contributed by atoms with van der Waals surface area (Å²) in [6.45, 7) is 1.49. The fourth-order valence-electron chi connectivity index (χ4n) is 2.09. The predicted octanol–water partition coefficient (Wildman–Crippen LogP) is 4.39. The van der Waals surface area contributed by atoms with Gasteiger partial charge in [0.05, 0.1) is 0 Å². The van der Waals surface area contributed by atoms with Crippen LogP contribution in [-0.2, 0) is 11.2 Å². The zero-order valence-electron chi connectivity index (χ0n) is 10.6. The summed E-state index contributed by atoms with van der Waals surface area (Å²) in [5, 5.41) is 0.647. The highest BCUT2D eigenvalue weighted by molar-refractivity contribution is 6.30. The normalized spacial score (nSPS) is 12.2. The van der Waals surface area contributed by atoms with Crippen molar-refractivity contribution in [1.82, 2.24) is 0 Å². The van der Waals surface area contributed by atoms with Crippen LogP contribution in [-0.4, -0.2) is 5.78 Å². The van der Waals surface area contributed by atoms with Gasteiger partial charge in [0.15, 0.2) is 0 Å². The van der Waals surface area contributed by atoms with Crippen molar-refractivity contribution in [1.29, 1.82) is 0 Å². The van der Waals surface area contributed by atoms with E-state index in [1.165, 1.54) is 13.0 Å². The minimum absolute atomic E-state index is 0.0416. The lowest BCUT2D eigenvalue weighted by atomic mass is 9.89. The first kappa shape index (κ1) is 13.8. The third-order valence-corrected chi connectivity index (χ3v) is 3.38. The second-order valence-corrected chi connectivity index (χ2v) is 4.95. The molecule has 1 atom stereocenters. The van der Waals surface area contributed by atoms with Gasteiger partial charge in [-0.2, -0.15) is 0 Å². The standard InChI is InChI=1S/C16H14ClFO/c1-11(19)15(14-4-2-3-5-16(14)18)10-12-6-8-13(17)9-7-12/h2-9,15H,10H2,1H3. The Morgan fingerprint density at radius 1 is 1.16 bits per heavy atom. The molecule has 98 valence electrons. The van der Waals surface area contributed by atoms with Crippen molar-refractivity contribution in [2.45, 2.75) is 19.3 Å². The molecule has 2 rings (SSSR count). The minimum atomic E-state index is -0.456. The number of halogens is 2. The average molecular weight is 277 g/mol. The van der Waals surface area contributed by atoms with Gasteiger partial charge in [0.25, 0.3) is 0 Å². The molecule has 0 bridgehead atoms. The molecule has 3 heteroatoms. The molecule has 19 heavy (non-hydrogen) atoms. The minimum Gasteiger partial charge on any atom is -0.299 e. The molecule has 2 aromatic carbocycles. The zero-order valence-corrected chi connectivity index (χ0v) is 11.3. The Balaban J connectivity index is 2.29. The van der Waals surface area contributed by atoms with Gasteiger partial charge in [-0.1, -0.05) is 41.9 Å². The van der Waals surface area contributed by atoms with E-state index < -0.39 is 5.92 Å². The molecular formula is C16H14ClFO. The fraction of sp³-hybridized carbons (Fsp3) is 0.188. The lowest BCUT2D eigenvalue weighted by Gasteiger charge is -2.15. The average Bonchev–Trinajstić information content (AvgIpc) is 2.39. The second-order valence-electron chi connectivity index (χ2n) is 4.52. The summed E-state index contributed by atoms with van der Waals surface area (Å²) < 4.78 is 13.8. The number of carbonyl (C=O) groups is 1. The van der Waals surface area contributed by atoms with E-state index in [1.807, 2.05) is 12.1 Å². The fourth-order valence-corrected chi connectivity index (χ4v) is 2.21. The largest absolute Gasteiger partial charge is 0.299 e. The van der Waals surface area contributed by atoms with Crippen LogP contribution in [0.25, 0.3) is 0 Å². The Morgan fingerprint density at radius 2 is 1.79 bits per heavy atom. The highest BCUT2D eigenvalue weighted by Crippen LogP contribution is 2.25. The van der Waals surface area contributed by atoms with E-state index in [0.717, 1.165) is 5.56 Å². The molecule has 0 amide bonds. The number of ketones is 1. The molecule has 0 aliphatic rings. The second kappa shape index (κ2) is 5.98. The van der Waals surface area contributed by atoms with Crippen LogP contribution in [0.1, 0.15) is 24.0 Å². The number of benzene rings is 2. The molecule has 0 saturated carbocycles. The van der Waals surface area contributed by atoms with Crippen molar-refractivity contribution >= 4 is 17.4 Å². The number of carbonyl (C=O) groups excluding carboxylic acids is 1. The van der Waals surface area contributed by atoms with Crippen LogP contribution in [0.5, 0.6) is 0 Å². The molecule has 2 aromatic rings. The molecule has 0 aliphatic carbocycles. The Bertz CT molecular complexity index is 578. The third-order valence-electron chi connectivity index (χ3n) is 3.12. The van der Waals surface area contributed by atoms with Crippen LogP contribution >= 0.6 is 11.6 Å². The molecule has 1 unspecified atom stereocenters. The van der Waals surface area contributed by atoms with Gasteiger partial charge in [-0.15, -0.1) is 0 Å². The van der Waals surface area contributed by atoms with Gasteiger partial charge in [0, 0.05) is 10.9 Å². The number of Topliss-reactive ketones (excluding diaryl/α,β-unsaturated/α-hetero) is 1. The maximum atomic E-state index is 13.8. The van der Waals surface area contributed by atoms with E-state index in [9.17, 15) is 9.18 Å². The smallest absolute Gasteiger partial charge is 0.137 e. The number of hydrogen-bond donors (Lipinski definition) is 0. The molecule has 1 nitrogen and oxygen atoms in total. The molecule has 0 heterocycles. The van der Waals surface area contributed by atoms with Crippen LogP contribution in [0.2, 0.25) is 5.02 Å². The van der Waals surface area contributed by atoms with Crippen LogP contribution < -0.4 is 0 Å². The van der Waals surface area contributed by atoms with Gasteiger partial charge >= 0.3 is 0 Å². The van der Waals surface area contributed by atoms with Gasteiger partial charge in [0.1, 0.15) is 11.6 Å². The molecule has 0 N–H and O–H groups in total. The van der Waals surface area contributed by atoms with E-state index in [4.69, 9.17) is 11.6 Å². The first-order valence-corrected chi connectivity index (χ1v) is 6.45. The van der Waals surface area contributed by atoms with Crippen molar-refractivity contribution in [3.63, 3.8) is 0 Å². The lowest BCUT2D eigenvalue weighted by molar-refractivity contribution is -0.118. The third kappa shape index (κ3) is 3.42. The lowest BCUT2D eigenvalue weighted by Crippen LogP contribution is -2.13. The first-order chi connectivity index (χ1) is 9.08. The molecule has 0 fully saturated rings. The van der Waals surface area contributed by atoms with Crippen molar-refractivity contribution < 1.29 is 9.18 Å². The summed E-state index contributed by atoms with van der Waals surface area (Å²) in [7, 11) is 0. The summed E-state index contributed by atoms with van der Waals surface area (Å²) in [6, 6.07) is 13.7. The first-order valence-electron chi connectivity index (χ1n) is 6.07. The monoisotopic (exact) mass is 276 g/mol. The van der Waals surface area contributed by atoms with E-state index in [0.29, 0.717) is 17.0 Å². The van der Waals surface area contributed by atoms with E-state index in [-0.39, 0.29) is 11.6 Å². The quantitative estimate of drug-likeness (QED) is 0.809. The van der Waals surface area contributed by atoms with Gasteiger partial charge in [-0.3, -0.25) is 4.79 Å². The highest BCUT2D eigenvalue weighted by Gasteiger charge is 2.20. The Kier molecular flexibility index (Phi) is 4.33. The van der Waals surface area contributed by atoms with Gasteiger partial charge in [0.2, 0.25) is 0 Å². The highest BCUT2D eigenvalue weighted by atomic mass is 35.5. The van der Waals surface area contributed by atoms with Crippen molar-refractivity contribution in [2.75, 3.05) is 0 Å². The van der Waals surface area contributed by atoms with E-state index in [2.05, 4.69) is 0 Å². The summed E-state index contributed by atoms with van der Waals surface area (Å²) >= 11 is 5.83. The van der Waals surface area contributed by atoms with Crippen LogP contribution in [0.15, 0.2) is 48.5 Å².